The number of nitrogens with zero attached hydrogens (tertiary/aromatic N) is 1. The molecule has 5 heteroatoms. The summed E-state index contributed by atoms with van der Waals surface area (Å²) in [4.78, 5) is 12.9. The number of hydrogen-bond donors (Lipinski definition) is 1. The Bertz CT molecular complexity index is 443. The van der Waals surface area contributed by atoms with Gasteiger partial charge in [-0.1, -0.05) is 0 Å². The van der Waals surface area contributed by atoms with Crippen LogP contribution in [0.3, 0.4) is 0 Å². The Balaban J connectivity index is 1.95. The van der Waals surface area contributed by atoms with Gasteiger partial charge < -0.3 is 10.2 Å². The Morgan fingerprint density at radius 1 is 1.33 bits per heavy atom. The zero-order chi connectivity index (χ0) is 13.1. The van der Waals surface area contributed by atoms with Crippen molar-refractivity contribution in [1.82, 2.24) is 4.90 Å². The summed E-state index contributed by atoms with van der Waals surface area (Å²) in [5, 5.41) is 3.00. The van der Waals surface area contributed by atoms with Gasteiger partial charge in [-0.05, 0) is 31.0 Å². The fourth-order valence-electron chi connectivity index (χ4n) is 2.17. The molecule has 0 aliphatic carbocycles. The van der Waals surface area contributed by atoms with Gasteiger partial charge in [0.25, 0.3) is 0 Å². The summed E-state index contributed by atoms with van der Waals surface area (Å²) in [6.07, 6.45) is 1.49. The topological polar surface area (TPSA) is 32.3 Å². The standard InChI is InChI=1S/C13H16F2N2O/c1-9(18)17-6-4-11(5-7-17)16-13-8-10(14)2-3-12(13)15/h2-3,8,11,16H,4-7H2,1H3. The Hall–Kier alpha value is -1.65. The highest BCUT2D eigenvalue weighted by atomic mass is 19.1. The van der Waals surface area contributed by atoms with Crippen molar-refractivity contribution in [3.63, 3.8) is 0 Å². The summed E-state index contributed by atoms with van der Waals surface area (Å²) in [5.74, 6) is -0.851. The molecular weight excluding hydrogens is 238 g/mol. The molecule has 1 aliphatic rings. The van der Waals surface area contributed by atoms with Crippen LogP contribution in [0.4, 0.5) is 14.5 Å². The summed E-state index contributed by atoms with van der Waals surface area (Å²) < 4.78 is 26.4. The maximum atomic E-state index is 13.4. The first-order valence-electron chi connectivity index (χ1n) is 6.03. The summed E-state index contributed by atoms with van der Waals surface area (Å²) in [5.41, 5.74) is 0.191. The first-order valence-corrected chi connectivity index (χ1v) is 6.03. The summed E-state index contributed by atoms with van der Waals surface area (Å²) in [7, 11) is 0. The normalized spacial score (nSPS) is 16.7. The van der Waals surface area contributed by atoms with Crippen LogP contribution in [0.5, 0.6) is 0 Å². The quantitative estimate of drug-likeness (QED) is 0.879. The smallest absolute Gasteiger partial charge is 0.219 e. The average Bonchev–Trinajstić information content (AvgIpc) is 2.34. The minimum atomic E-state index is -0.458. The fourth-order valence-corrected chi connectivity index (χ4v) is 2.17. The van der Waals surface area contributed by atoms with Crippen LogP contribution < -0.4 is 5.32 Å². The van der Waals surface area contributed by atoms with Crippen molar-refractivity contribution < 1.29 is 13.6 Å². The van der Waals surface area contributed by atoms with Gasteiger partial charge in [0.2, 0.25) is 5.91 Å². The van der Waals surface area contributed by atoms with E-state index in [1.165, 1.54) is 0 Å². The molecule has 1 heterocycles. The molecule has 0 aromatic heterocycles. The van der Waals surface area contributed by atoms with Crippen LogP contribution >= 0.6 is 0 Å². The number of benzene rings is 1. The molecule has 1 saturated heterocycles. The molecule has 1 aromatic carbocycles. The van der Waals surface area contributed by atoms with Crippen molar-refractivity contribution in [1.29, 1.82) is 0 Å². The molecule has 2 rings (SSSR count). The highest BCUT2D eigenvalue weighted by Gasteiger charge is 2.21. The third-order valence-electron chi connectivity index (χ3n) is 3.23. The molecule has 0 unspecified atom stereocenters. The van der Waals surface area contributed by atoms with Gasteiger partial charge >= 0.3 is 0 Å². The van der Waals surface area contributed by atoms with Crippen LogP contribution in [-0.2, 0) is 4.79 Å². The molecule has 1 fully saturated rings. The van der Waals surface area contributed by atoms with Crippen molar-refractivity contribution in [3.8, 4) is 0 Å². The maximum absolute atomic E-state index is 13.4. The van der Waals surface area contributed by atoms with Crippen LogP contribution in [0.1, 0.15) is 19.8 Å². The zero-order valence-corrected chi connectivity index (χ0v) is 10.2. The monoisotopic (exact) mass is 254 g/mol. The fraction of sp³-hybridized carbons (Fsp3) is 0.462. The lowest BCUT2D eigenvalue weighted by atomic mass is 10.0. The molecule has 1 amide bonds. The van der Waals surface area contributed by atoms with Crippen LogP contribution in [-0.4, -0.2) is 29.9 Å². The van der Waals surface area contributed by atoms with Crippen LogP contribution in [0.25, 0.3) is 0 Å². The number of nitrogens with one attached hydrogen (secondary N) is 1. The van der Waals surface area contributed by atoms with Crippen molar-refractivity contribution >= 4 is 11.6 Å². The number of likely N-dealkylation sites (tertiary alicyclic amines) is 1. The molecule has 1 N–H and O–H groups in total. The number of carbonyl (C=O) groups is 1. The van der Waals surface area contributed by atoms with Gasteiger partial charge in [-0.25, -0.2) is 8.78 Å². The highest BCUT2D eigenvalue weighted by molar-refractivity contribution is 5.73. The number of carbonyl (C=O) groups excluding carboxylic acids is 1. The Morgan fingerprint density at radius 3 is 2.61 bits per heavy atom. The van der Waals surface area contributed by atoms with Crippen LogP contribution in [0, 0.1) is 11.6 Å². The highest BCUT2D eigenvalue weighted by Crippen LogP contribution is 2.20. The third kappa shape index (κ3) is 2.97. The number of amides is 1. The van der Waals surface area contributed by atoms with Crippen molar-refractivity contribution in [2.75, 3.05) is 18.4 Å². The van der Waals surface area contributed by atoms with Crippen molar-refractivity contribution in [2.24, 2.45) is 0 Å². The van der Waals surface area contributed by atoms with E-state index >= 15 is 0 Å². The van der Waals surface area contributed by atoms with Crippen LogP contribution in [0.2, 0.25) is 0 Å². The largest absolute Gasteiger partial charge is 0.380 e. The first-order chi connectivity index (χ1) is 8.56. The molecule has 0 saturated carbocycles. The lowest BCUT2D eigenvalue weighted by molar-refractivity contribution is -0.129. The Labute approximate surface area is 105 Å². The molecule has 3 nitrogen and oxygen atoms in total. The predicted molar refractivity (Wildman–Crippen MR) is 65.3 cm³/mol. The number of hydrogen-bond acceptors (Lipinski definition) is 2. The van der Waals surface area contributed by atoms with Gasteiger partial charge in [0.15, 0.2) is 0 Å². The second kappa shape index (κ2) is 5.33. The van der Waals surface area contributed by atoms with E-state index in [2.05, 4.69) is 5.32 Å². The molecule has 0 bridgehead atoms. The SMILES string of the molecule is CC(=O)N1CCC(Nc2cc(F)ccc2F)CC1. The predicted octanol–water partition coefficient (Wildman–Crippen LogP) is 2.39. The zero-order valence-electron chi connectivity index (χ0n) is 10.2. The molecule has 1 aliphatic heterocycles. The van der Waals surface area contributed by atoms with E-state index in [1.54, 1.807) is 11.8 Å². The van der Waals surface area contributed by atoms with E-state index in [-0.39, 0.29) is 17.6 Å². The minimum Gasteiger partial charge on any atom is -0.380 e. The van der Waals surface area contributed by atoms with Gasteiger partial charge in [0, 0.05) is 26.1 Å². The van der Waals surface area contributed by atoms with E-state index in [0.29, 0.717) is 13.1 Å². The molecule has 0 radical (unpaired) electrons. The molecule has 18 heavy (non-hydrogen) atoms. The number of piperidine rings is 1. The Morgan fingerprint density at radius 2 is 2.00 bits per heavy atom. The first kappa shape index (κ1) is 12.8. The minimum absolute atomic E-state index is 0.0605. The number of halogens is 2. The molecule has 0 atom stereocenters. The molecule has 1 aromatic rings. The van der Waals surface area contributed by atoms with Gasteiger partial charge in [-0.3, -0.25) is 4.79 Å². The van der Waals surface area contributed by atoms with Crippen molar-refractivity contribution in [3.05, 3.63) is 29.8 Å². The molecule has 98 valence electrons. The van der Waals surface area contributed by atoms with Gasteiger partial charge in [-0.2, -0.15) is 0 Å². The molecule has 0 spiro atoms. The van der Waals surface area contributed by atoms with Gasteiger partial charge in [0.05, 0.1) is 5.69 Å². The second-order valence-corrected chi connectivity index (χ2v) is 4.55. The Kier molecular flexibility index (Phi) is 3.79. The second-order valence-electron chi connectivity index (χ2n) is 4.55. The van der Waals surface area contributed by atoms with Gasteiger partial charge in [0.1, 0.15) is 11.6 Å². The van der Waals surface area contributed by atoms with E-state index in [9.17, 15) is 13.6 Å². The van der Waals surface area contributed by atoms with E-state index < -0.39 is 11.6 Å². The lowest BCUT2D eigenvalue weighted by Gasteiger charge is -2.32. The maximum Gasteiger partial charge on any atom is 0.219 e. The number of rotatable bonds is 2. The summed E-state index contributed by atoms with van der Waals surface area (Å²) in [6.45, 7) is 2.86. The van der Waals surface area contributed by atoms with Crippen molar-refractivity contribution in [2.45, 2.75) is 25.8 Å². The summed E-state index contributed by atoms with van der Waals surface area (Å²) >= 11 is 0. The third-order valence-corrected chi connectivity index (χ3v) is 3.23. The van der Waals surface area contributed by atoms with E-state index in [1.807, 2.05) is 0 Å². The van der Waals surface area contributed by atoms with Gasteiger partial charge in [-0.15, -0.1) is 0 Å². The molecular formula is C13H16F2N2O. The van der Waals surface area contributed by atoms with Crippen LogP contribution in [0.15, 0.2) is 18.2 Å². The van der Waals surface area contributed by atoms with E-state index in [4.69, 9.17) is 0 Å². The average molecular weight is 254 g/mol. The lowest BCUT2D eigenvalue weighted by Crippen LogP contribution is -2.41. The number of anilines is 1. The summed E-state index contributed by atoms with van der Waals surface area (Å²) in [6, 6.07) is 3.45. The van der Waals surface area contributed by atoms with E-state index in [0.717, 1.165) is 31.0 Å².